The molecular weight excluding hydrogens is 186 g/mol. The van der Waals surface area contributed by atoms with Crippen molar-refractivity contribution in [1.82, 2.24) is 10.3 Å². The minimum absolute atomic E-state index is 0.197. The monoisotopic (exact) mass is 203 g/mol. The molecule has 1 aliphatic carbocycles. The Kier molecular flexibility index (Phi) is 2.04. The first-order chi connectivity index (χ1) is 7.32. The van der Waals surface area contributed by atoms with Gasteiger partial charge in [-0.25, -0.2) is 0 Å². The number of aromatic nitrogens is 1. The topological polar surface area (TPSA) is 50.9 Å². The van der Waals surface area contributed by atoms with Gasteiger partial charge in [0.05, 0.1) is 0 Å². The smallest absolute Gasteiger partial charge is 0.0374 e. The van der Waals surface area contributed by atoms with Gasteiger partial charge in [-0.2, -0.15) is 0 Å². The van der Waals surface area contributed by atoms with Crippen molar-refractivity contribution in [3.8, 4) is 0 Å². The van der Waals surface area contributed by atoms with Gasteiger partial charge in [-0.05, 0) is 55.0 Å². The van der Waals surface area contributed by atoms with Crippen LogP contribution in [0.1, 0.15) is 30.0 Å². The third-order valence-electron chi connectivity index (χ3n) is 4.08. The van der Waals surface area contributed by atoms with Crippen LogP contribution in [0.5, 0.6) is 0 Å². The molecule has 0 amide bonds. The number of pyridine rings is 1. The fourth-order valence-electron chi connectivity index (χ4n) is 3.11. The second-order valence-electron chi connectivity index (χ2n) is 4.84. The van der Waals surface area contributed by atoms with Crippen LogP contribution >= 0.6 is 0 Å². The van der Waals surface area contributed by atoms with Crippen molar-refractivity contribution in [1.29, 1.82) is 0 Å². The van der Waals surface area contributed by atoms with E-state index in [1.54, 1.807) is 0 Å². The lowest BCUT2D eigenvalue weighted by molar-refractivity contribution is 0.174. The van der Waals surface area contributed by atoms with Crippen LogP contribution in [0, 0.1) is 5.41 Å². The van der Waals surface area contributed by atoms with Crippen molar-refractivity contribution in [2.75, 3.05) is 13.1 Å². The maximum atomic E-state index is 6.39. The summed E-state index contributed by atoms with van der Waals surface area (Å²) < 4.78 is 0. The Balaban J connectivity index is 1.98. The average molecular weight is 203 g/mol. The Labute approximate surface area is 90.1 Å². The fourth-order valence-corrected chi connectivity index (χ4v) is 3.11. The molecule has 1 fully saturated rings. The second-order valence-corrected chi connectivity index (χ2v) is 4.84. The third-order valence-corrected chi connectivity index (χ3v) is 4.08. The normalized spacial score (nSPS) is 27.9. The summed E-state index contributed by atoms with van der Waals surface area (Å²) in [6, 6.07) is 2.33. The average Bonchev–Trinajstić information content (AvgIpc) is 2.54. The van der Waals surface area contributed by atoms with Crippen LogP contribution in [0.25, 0.3) is 0 Å². The minimum atomic E-state index is 0.197. The number of nitrogens with two attached hydrogens (primary N) is 1. The number of hydrogen-bond donors (Lipinski definition) is 2. The molecule has 3 rings (SSSR count). The largest absolute Gasteiger partial charge is 0.323 e. The predicted molar refractivity (Wildman–Crippen MR) is 59.4 cm³/mol. The van der Waals surface area contributed by atoms with Gasteiger partial charge >= 0.3 is 0 Å². The first-order valence-corrected chi connectivity index (χ1v) is 5.71. The highest BCUT2D eigenvalue weighted by molar-refractivity contribution is 5.35. The molecule has 2 heterocycles. The van der Waals surface area contributed by atoms with Crippen molar-refractivity contribution < 1.29 is 0 Å². The molecule has 1 saturated heterocycles. The number of rotatable bonds is 0. The van der Waals surface area contributed by atoms with Gasteiger partial charge in [0.25, 0.3) is 0 Å². The van der Waals surface area contributed by atoms with E-state index in [0.29, 0.717) is 5.41 Å². The highest BCUT2D eigenvalue weighted by Gasteiger charge is 2.44. The van der Waals surface area contributed by atoms with Crippen LogP contribution in [-0.4, -0.2) is 18.1 Å². The lowest BCUT2D eigenvalue weighted by Gasteiger charge is -2.37. The summed E-state index contributed by atoms with van der Waals surface area (Å²) in [4.78, 5) is 4.19. The molecule has 0 saturated carbocycles. The minimum Gasteiger partial charge on any atom is -0.323 e. The van der Waals surface area contributed by atoms with E-state index in [0.717, 1.165) is 19.5 Å². The van der Waals surface area contributed by atoms with Crippen molar-refractivity contribution >= 4 is 0 Å². The molecule has 1 aliphatic heterocycles. The van der Waals surface area contributed by atoms with Gasteiger partial charge in [0, 0.05) is 18.4 Å². The molecule has 1 aromatic heterocycles. The summed E-state index contributed by atoms with van der Waals surface area (Å²) in [7, 11) is 0. The molecule has 1 atom stereocenters. The number of nitrogens with zero attached hydrogens (tertiary/aromatic N) is 1. The van der Waals surface area contributed by atoms with Gasteiger partial charge in [-0.3, -0.25) is 4.98 Å². The molecule has 1 spiro atoms. The first kappa shape index (κ1) is 9.31. The Morgan fingerprint density at radius 1 is 1.40 bits per heavy atom. The van der Waals surface area contributed by atoms with E-state index in [4.69, 9.17) is 5.73 Å². The number of piperidine rings is 1. The summed E-state index contributed by atoms with van der Waals surface area (Å²) in [5.41, 5.74) is 9.40. The van der Waals surface area contributed by atoms with Crippen LogP contribution in [0.15, 0.2) is 18.5 Å². The van der Waals surface area contributed by atoms with Gasteiger partial charge < -0.3 is 11.1 Å². The quantitative estimate of drug-likeness (QED) is 0.661. The summed E-state index contributed by atoms with van der Waals surface area (Å²) in [6.45, 7) is 2.21. The van der Waals surface area contributed by atoms with Crippen molar-refractivity contribution in [2.45, 2.75) is 25.3 Å². The molecule has 80 valence electrons. The molecule has 3 N–H and O–H groups in total. The van der Waals surface area contributed by atoms with Gasteiger partial charge in [0.15, 0.2) is 0 Å². The van der Waals surface area contributed by atoms with E-state index in [9.17, 15) is 0 Å². The first-order valence-electron chi connectivity index (χ1n) is 5.71. The van der Waals surface area contributed by atoms with Crippen LogP contribution in [0.4, 0.5) is 0 Å². The van der Waals surface area contributed by atoms with Crippen LogP contribution in [0.3, 0.4) is 0 Å². The van der Waals surface area contributed by atoms with E-state index < -0.39 is 0 Å². The van der Waals surface area contributed by atoms with Gasteiger partial charge in [-0.15, -0.1) is 0 Å². The Bertz CT molecular complexity index is 369. The van der Waals surface area contributed by atoms with E-state index in [1.807, 2.05) is 12.4 Å². The lowest BCUT2D eigenvalue weighted by Crippen LogP contribution is -2.42. The van der Waals surface area contributed by atoms with E-state index >= 15 is 0 Å². The molecule has 2 aliphatic rings. The van der Waals surface area contributed by atoms with Crippen LogP contribution in [0.2, 0.25) is 0 Å². The summed E-state index contributed by atoms with van der Waals surface area (Å²) in [6.07, 6.45) is 7.38. The molecule has 15 heavy (non-hydrogen) atoms. The molecule has 0 radical (unpaired) electrons. The molecule has 1 aromatic rings. The van der Waals surface area contributed by atoms with Gasteiger partial charge in [-0.1, -0.05) is 0 Å². The highest BCUT2D eigenvalue weighted by Crippen LogP contribution is 2.49. The van der Waals surface area contributed by atoms with Crippen LogP contribution in [-0.2, 0) is 6.42 Å². The van der Waals surface area contributed by atoms with Gasteiger partial charge in [0.1, 0.15) is 0 Å². The molecular formula is C12H17N3. The standard InChI is InChI=1S/C12H17N3/c13-11-10-8-15-4-1-9(10)7-12(11)2-5-14-6-3-12/h1,4,8,11,14H,2-3,5-7,13H2/t11-/m0/s1. The zero-order valence-corrected chi connectivity index (χ0v) is 8.87. The SMILES string of the molecule is N[C@H]1c2cnccc2CC12CCNCC2. The van der Waals surface area contributed by atoms with E-state index in [2.05, 4.69) is 16.4 Å². The number of fused-ring (bicyclic) bond motifs is 1. The second kappa shape index (κ2) is 3.29. The number of nitrogens with one attached hydrogen (secondary N) is 1. The Hall–Kier alpha value is -0.930. The summed E-state index contributed by atoms with van der Waals surface area (Å²) in [5, 5.41) is 3.41. The van der Waals surface area contributed by atoms with Crippen molar-refractivity contribution in [3.05, 3.63) is 29.6 Å². The molecule has 0 unspecified atom stereocenters. The molecule has 0 aromatic carbocycles. The lowest BCUT2D eigenvalue weighted by atomic mass is 9.74. The Morgan fingerprint density at radius 2 is 2.20 bits per heavy atom. The zero-order chi connectivity index (χ0) is 10.3. The van der Waals surface area contributed by atoms with Gasteiger partial charge in [0.2, 0.25) is 0 Å². The summed E-state index contributed by atoms with van der Waals surface area (Å²) in [5.74, 6) is 0. The van der Waals surface area contributed by atoms with E-state index in [-0.39, 0.29) is 6.04 Å². The number of hydrogen-bond acceptors (Lipinski definition) is 3. The fraction of sp³-hybridized carbons (Fsp3) is 0.583. The van der Waals surface area contributed by atoms with E-state index in [1.165, 1.54) is 24.0 Å². The molecule has 3 nitrogen and oxygen atoms in total. The Morgan fingerprint density at radius 3 is 2.93 bits per heavy atom. The highest BCUT2D eigenvalue weighted by atomic mass is 14.9. The van der Waals surface area contributed by atoms with Crippen molar-refractivity contribution in [2.24, 2.45) is 11.1 Å². The molecule has 0 bridgehead atoms. The van der Waals surface area contributed by atoms with Crippen molar-refractivity contribution in [3.63, 3.8) is 0 Å². The zero-order valence-electron chi connectivity index (χ0n) is 8.87. The predicted octanol–water partition coefficient (Wildman–Crippen LogP) is 1.01. The maximum Gasteiger partial charge on any atom is 0.0374 e. The maximum absolute atomic E-state index is 6.39. The van der Waals surface area contributed by atoms with Crippen LogP contribution < -0.4 is 11.1 Å². The third kappa shape index (κ3) is 1.30. The summed E-state index contributed by atoms with van der Waals surface area (Å²) >= 11 is 0. The molecule has 3 heteroatoms.